The Bertz CT molecular complexity index is 1510. The molecule has 4 N–H and O–H groups in total. The summed E-state index contributed by atoms with van der Waals surface area (Å²) in [6, 6.07) is 22.0. The molecule has 1 aromatic heterocycles. The lowest BCUT2D eigenvalue weighted by Crippen LogP contribution is -2.44. The number of Topliss-reactive ketones (excluding diaryl/α,β-unsaturated/α-hetero) is 1. The summed E-state index contributed by atoms with van der Waals surface area (Å²) in [4.78, 5) is 22.0. The maximum absolute atomic E-state index is 13.9. The van der Waals surface area contributed by atoms with Crippen molar-refractivity contribution in [1.82, 2.24) is 15.2 Å². The molecule has 0 unspecified atom stereocenters. The van der Waals surface area contributed by atoms with E-state index in [1.54, 1.807) is 12.1 Å². The Hall–Kier alpha value is -3.50. The molecule has 198 valence electrons. The van der Waals surface area contributed by atoms with Crippen molar-refractivity contribution < 1.29 is 13.2 Å². The number of H-pyrrole nitrogens is 1. The number of fused-ring (bicyclic) bond motifs is 1. The van der Waals surface area contributed by atoms with Gasteiger partial charge in [-0.2, -0.15) is 0 Å². The predicted octanol–water partition coefficient (Wildman–Crippen LogP) is 3.32. The van der Waals surface area contributed by atoms with E-state index in [2.05, 4.69) is 39.3 Å². The third kappa shape index (κ3) is 5.81. The van der Waals surface area contributed by atoms with Crippen LogP contribution >= 0.6 is 0 Å². The van der Waals surface area contributed by atoms with Gasteiger partial charge in [0, 0.05) is 61.1 Å². The number of piperazine rings is 1. The van der Waals surface area contributed by atoms with Crippen LogP contribution in [-0.4, -0.2) is 63.9 Å². The highest BCUT2D eigenvalue weighted by molar-refractivity contribution is 7.89. The van der Waals surface area contributed by atoms with Crippen molar-refractivity contribution in [3.63, 3.8) is 0 Å². The molecule has 4 aromatic rings. The third-order valence-electron chi connectivity index (χ3n) is 7.21. The van der Waals surface area contributed by atoms with E-state index in [9.17, 15) is 13.2 Å². The minimum Gasteiger partial charge on any atom is -0.369 e. The van der Waals surface area contributed by atoms with E-state index >= 15 is 0 Å². The summed E-state index contributed by atoms with van der Waals surface area (Å²) in [5.41, 5.74) is 4.62. The van der Waals surface area contributed by atoms with Crippen molar-refractivity contribution in [2.24, 2.45) is 5.14 Å². The number of carbonyl (C=O) groups excluding carboxylic acids is 1. The molecule has 38 heavy (non-hydrogen) atoms. The maximum atomic E-state index is 13.9. The van der Waals surface area contributed by atoms with Gasteiger partial charge in [0.1, 0.15) is 0 Å². The molecule has 1 atom stereocenters. The molecule has 0 saturated carbocycles. The first-order valence-corrected chi connectivity index (χ1v) is 14.3. The number of aromatic nitrogens is 1. The summed E-state index contributed by atoms with van der Waals surface area (Å²) in [7, 11) is -1.58. The fourth-order valence-corrected chi connectivity index (χ4v) is 5.46. The molecule has 0 amide bonds. The molecule has 0 aliphatic carbocycles. The molecule has 1 saturated heterocycles. The quantitative estimate of drug-likeness (QED) is 0.286. The molecule has 1 aliphatic rings. The number of sulfonamides is 1. The van der Waals surface area contributed by atoms with Gasteiger partial charge in [-0.15, -0.1) is 0 Å². The van der Waals surface area contributed by atoms with E-state index in [-0.39, 0.29) is 10.7 Å². The van der Waals surface area contributed by atoms with Gasteiger partial charge in [0.15, 0.2) is 5.78 Å². The van der Waals surface area contributed by atoms with Gasteiger partial charge in [-0.05, 0) is 48.9 Å². The van der Waals surface area contributed by atoms with Gasteiger partial charge < -0.3 is 20.1 Å². The summed E-state index contributed by atoms with van der Waals surface area (Å²) < 4.78 is 23.0. The van der Waals surface area contributed by atoms with Crippen LogP contribution in [0, 0.1) is 0 Å². The second kappa shape index (κ2) is 11.1. The van der Waals surface area contributed by atoms with Gasteiger partial charge in [0.05, 0.1) is 10.9 Å². The van der Waals surface area contributed by atoms with Gasteiger partial charge >= 0.3 is 0 Å². The number of nitrogens with zero attached hydrogens (tertiary/aromatic N) is 2. The van der Waals surface area contributed by atoms with Crippen LogP contribution in [0.25, 0.3) is 10.9 Å². The first-order chi connectivity index (χ1) is 18.3. The van der Waals surface area contributed by atoms with E-state index in [0.29, 0.717) is 18.5 Å². The zero-order valence-corrected chi connectivity index (χ0v) is 22.2. The Kier molecular flexibility index (Phi) is 7.62. The van der Waals surface area contributed by atoms with Crippen LogP contribution in [0.4, 0.5) is 5.69 Å². The summed E-state index contributed by atoms with van der Waals surface area (Å²) in [5, 5.41) is 9.54. The molecule has 9 heteroatoms. The number of primary sulfonamides is 1. The highest BCUT2D eigenvalue weighted by Gasteiger charge is 2.24. The molecule has 0 spiro atoms. The topological polar surface area (TPSA) is 112 Å². The molecule has 1 fully saturated rings. The smallest absolute Gasteiger partial charge is 0.238 e. The lowest BCUT2D eigenvalue weighted by molar-refractivity contribution is 0.0945. The molecule has 0 bridgehead atoms. The maximum Gasteiger partial charge on any atom is 0.238 e. The number of anilines is 1. The number of rotatable bonds is 9. The van der Waals surface area contributed by atoms with Gasteiger partial charge in [-0.25, -0.2) is 13.6 Å². The van der Waals surface area contributed by atoms with E-state index in [4.69, 9.17) is 5.14 Å². The van der Waals surface area contributed by atoms with Crippen molar-refractivity contribution in [1.29, 1.82) is 0 Å². The highest BCUT2D eigenvalue weighted by atomic mass is 32.2. The van der Waals surface area contributed by atoms with Crippen LogP contribution in [0.2, 0.25) is 0 Å². The fraction of sp³-hybridized carbons (Fsp3) is 0.276. The lowest BCUT2D eigenvalue weighted by Gasteiger charge is -2.34. The van der Waals surface area contributed by atoms with Gasteiger partial charge in [-0.3, -0.25) is 4.79 Å². The van der Waals surface area contributed by atoms with Gasteiger partial charge in [0.25, 0.3) is 0 Å². The van der Waals surface area contributed by atoms with Gasteiger partial charge in [-0.1, -0.05) is 48.5 Å². The van der Waals surface area contributed by atoms with E-state index < -0.39 is 16.1 Å². The Morgan fingerprint density at radius 2 is 1.71 bits per heavy atom. The molecular formula is C29H33N5O3S. The molecule has 0 radical (unpaired) electrons. The SMILES string of the molecule is CN1CCN(c2ccc3c(C(=O)[C@@H](NCCc4ccc(S(N)(=O)=O)cc4)c4ccccc4)c[nH]c3c2)CC1. The normalized spacial score (nSPS) is 15.6. The largest absolute Gasteiger partial charge is 0.369 e. The van der Waals surface area contributed by atoms with E-state index in [1.807, 2.05) is 42.6 Å². The van der Waals surface area contributed by atoms with Crippen LogP contribution in [0.15, 0.2) is 83.9 Å². The monoisotopic (exact) mass is 531 g/mol. The second-order valence-corrected chi connectivity index (χ2v) is 11.4. The third-order valence-corrected chi connectivity index (χ3v) is 8.14. The number of carbonyl (C=O) groups is 1. The fourth-order valence-electron chi connectivity index (χ4n) is 4.95. The summed E-state index contributed by atoms with van der Waals surface area (Å²) in [5.74, 6) is -0.000583. The van der Waals surface area contributed by atoms with Gasteiger partial charge in [0.2, 0.25) is 10.0 Å². The predicted molar refractivity (Wildman–Crippen MR) is 151 cm³/mol. The first-order valence-electron chi connectivity index (χ1n) is 12.8. The molecule has 3 aromatic carbocycles. The minimum absolute atomic E-state index is 0.000583. The minimum atomic E-state index is -3.72. The van der Waals surface area contributed by atoms with Crippen LogP contribution in [-0.2, 0) is 16.4 Å². The number of aromatic amines is 1. The lowest BCUT2D eigenvalue weighted by atomic mass is 9.96. The van der Waals surface area contributed by atoms with Crippen LogP contribution in [0.3, 0.4) is 0 Å². The number of hydrogen-bond donors (Lipinski definition) is 3. The Morgan fingerprint density at radius 3 is 2.39 bits per heavy atom. The van der Waals surface area contributed by atoms with Crippen molar-refractivity contribution in [2.75, 3.05) is 44.7 Å². The van der Waals surface area contributed by atoms with E-state index in [0.717, 1.165) is 53.9 Å². The number of benzene rings is 3. The Labute approximate surface area is 223 Å². The average molecular weight is 532 g/mol. The zero-order valence-electron chi connectivity index (χ0n) is 21.4. The number of nitrogens with two attached hydrogens (primary N) is 1. The summed E-state index contributed by atoms with van der Waals surface area (Å²) in [6.07, 6.45) is 2.44. The number of hydrogen-bond acceptors (Lipinski definition) is 6. The van der Waals surface area contributed by atoms with E-state index in [1.165, 1.54) is 12.1 Å². The van der Waals surface area contributed by atoms with Crippen molar-refractivity contribution in [3.8, 4) is 0 Å². The van der Waals surface area contributed by atoms with Crippen molar-refractivity contribution in [3.05, 3.63) is 95.7 Å². The van der Waals surface area contributed by atoms with Crippen molar-refractivity contribution in [2.45, 2.75) is 17.4 Å². The van der Waals surface area contributed by atoms with Crippen LogP contribution in [0.5, 0.6) is 0 Å². The molecule has 2 heterocycles. The first kappa shape index (κ1) is 26.1. The molecule has 8 nitrogen and oxygen atoms in total. The number of likely N-dealkylation sites (N-methyl/N-ethyl adjacent to an activating group) is 1. The van der Waals surface area contributed by atoms with Crippen molar-refractivity contribution >= 4 is 32.4 Å². The second-order valence-electron chi connectivity index (χ2n) is 9.82. The van der Waals surface area contributed by atoms with Crippen LogP contribution in [0.1, 0.15) is 27.5 Å². The summed E-state index contributed by atoms with van der Waals surface area (Å²) >= 11 is 0. The Balaban J connectivity index is 1.34. The Morgan fingerprint density at radius 1 is 1.00 bits per heavy atom. The molecule has 1 aliphatic heterocycles. The number of ketones is 1. The zero-order chi connectivity index (χ0) is 26.7. The van der Waals surface area contributed by atoms with Crippen LogP contribution < -0.4 is 15.4 Å². The molecular weight excluding hydrogens is 498 g/mol. The average Bonchev–Trinajstić information content (AvgIpc) is 3.35. The number of nitrogens with one attached hydrogen (secondary N) is 2. The molecule has 5 rings (SSSR count). The standard InChI is InChI=1S/C29H33N5O3S/c1-33-15-17-34(18-16-33)23-9-12-25-26(20-32-27(25)19-23)29(35)28(22-5-3-2-4-6-22)31-14-13-21-7-10-24(11-8-21)38(30,36)37/h2-12,19-20,28,31-32H,13-18H2,1H3,(H2,30,36,37)/t28-/m0/s1. The summed E-state index contributed by atoms with van der Waals surface area (Å²) in [6.45, 7) is 4.58. The highest BCUT2D eigenvalue weighted by Crippen LogP contribution is 2.28.